The van der Waals surface area contributed by atoms with Crippen LogP contribution in [-0.4, -0.2) is 16.0 Å². The largest absolute Gasteiger partial charge is 0.504 e. The van der Waals surface area contributed by atoms with Gasteiger partial charge in [0.25, 0.3) is 0 Å². The molecule has 0 unspecified atom stereocenters. The van der Waals surface area contributed by atoms with Gasteiger partial charge >= 0.3 is 0 Å². The third-order valence-electron chi connectivity index (χ3n) is 2.89. The van der Waals surface area contributed by atoms with E-state index in [-0.39, 0.29) is 23.2 Å². The van der Waals surface area contributed by atoms with Gasteiger partial charge in [-0.05, 0) is 43.0 Å². The van der Waals surface area contributed by atoms with Crippen molar-refractivity contribution in [3.05, 3.63) is 35.4 Å². The van der Waals surface area contributed by atoms with Gasteiger partial charge in [-0.3, -0.25) is 4.79 Å². The zero-order valence-corrected chi connectivity index (χ0v) is 9.10. The Kier molecular flexibility index (Phi) is 2.69. The van der Waals surface area contributed by atoms with Crippen LogP contribution < -0.4 is 0 Å². The van der Waals surface area contributed by atoms with Gasteiger partial charge in [0.15, 0.2) is 17.3 Å². The molecule has 0 heterocycles. The molecule has 0 aliphatic heterocycles. The molecular formula is C13H14O3. The third-order valence-corrected chi connectivity index (χ3v) is 2.89. The molecule has 1 atom stereocenters. The van der Waals surface area contributed by atoms with Gasteiger partial charge in [-0.15, -0.1) is 0 Å². The fourth-order valence-corrected chi connectivity index (χ4v) is 2.13. The number of hydrogen-bond acceptors (Lipinski definition) is 3. The number of rotatable bonds is 1. The Labute approximate surface area is 94.0 Å². The molecule has 0 bridgehead atoms. The lowest BCUT2D eigenvalue weighted by Gasteiger charge is -2.20. The summed E-state index contributed by atoms with van der Waals surface area (Å²) in [4.78, 5) is 11.4. The highest BCUT2D eigenvalue weighted by Crippen LogP contribution is 2.35. The Morgan fingerprint density at radius 2 is 1.94 bits per heavy atom. The summed E-state index contributed by atoms with van der Waals surface area (Å²) < 4.78 is 0. The molecule has 3 nitrogen and oxygen atoms in total. The zero-order valence-electron chi connectivity index (χ0n) is 9.10. The molecule has 1 aliphatic carbocycles. The lowest BCUT2D eigenvalue weighted by Crippen LogP contribution is -2.11. The highest BCUT2D eigenvalue weighted by atomic mass is 16.3. The molecular weight excluding hydrogens is 204 g/mol. The van der Waals surface area contributed by atoms with E-state index in [0.717, 1.165) is 17.6 Å². The first-order chi connectivity index (χ1) is 7.56. The van der Waals surface area contributed by atoms with Crippen molar-refractivity contribution in [3.63, 3.8) is 0 Å². The average molecular weight is 218 g/mol. The minimum absolute atomic E-state index is 0.115. The van der Waals surface area contributed by atoms with Crippen LogP contribution in [0.5, 0.6) is 11.5 Å². The summed E-state index contributed by atoms with van der Waals surface area (Å²) in [5.74, 6) is -0.0133. The first-order valence-electron chi connectivity index (χ1n) is 5.28. The van der Waals surface area contributed by atoms with E-state index < -0.39 is 0 Å². The van der Waals surface area contributed by atoms with Gasteiger partial charge < -0.3 is 10.2 Å². The van der Waals surface area contributed by atoms with Crippen LogP contribution >= 0.6 is 0 Å². The van der Waals surface area contributed by atoms with Gasteiger partial charge in [0.2, 0.25) is 0 Å². The molecule has 2 N–H and O–H groups in total. The molecule has 3 heteroatoms. The van der Waals surface area contributed by atoms with Crippen molar-refractivity contribution in [1.82, 2.24) is 0 Å². The summed E-state index contributed by atoms with van der Waals surface area (Å²) in [5, 5.41) is 18.6. The Bertz CT molecular complexity index is 460. The van der Waals surface area contributed by atoms with E-state index in [9.17, 15) is 15.0 Å². The summed E-state index contributed by atoms with van der Waals surface area (Å²) in [6.07, 6.45) is 2.98. The van der Waals surface area contributed by atoms with Crippen molar-refractivity contribution < 1.29 is 15.0 Å². The summed E-state index contributed by atoms with van der Waals surface area (Å²) in [6.45, 7) is 1.93. The third kappa shape index (κ3) is 2.08. The molecule has 0 fully saturated rings. The standard InChI is InChI=1S/C13H14O3/c1-8-4-10(6-11(14)5-8)9-2-3-12(15)13(16)7-9/h2-3,5,7,10,15-16H,4,6H2,1H3/t10-/m1/s1. The molecule has 16 heavy (non-hydrogen) atoms. The number of aromatic hydroxyl groups is 2. The molecule has 1 aliphatic rings. The maximum atomic E-state index is 11.4. The fourth-order valence-electron chi connectivity index (χ4n) is 2.13. The predicted molar refractivity (Wildman–Crippen MR) is 60.5 cm³/mol. The molecule has 0 aromatic heterocycles. The molecule has 1 aromatic rings. The number of allylic oxidation sites excluding steroid dienone is 2. The Morgan fingerprint density at radius 3 is 2.56 bits per heavy atom. The molecule has 0 saturated carbocycles. The van der Waals surface area contributed by atoms with Crippen LogP contribution in [-0.2, 0) is 4.79 Å². The first kappa shape index (κ1) is 10.7. The monoisotopic (exact) mass is 218 g/mol. The number of carbonyl (C=O) groups is 1. The quantitative estimate of drug-likeness (QED) is 0.712. The molecule has 2 rings (SSSR count). The topological polar surface area (TPSA) is 57.5 Å². The SMILES string of the molecule is CC1=CC(=O)C[C@H](c2ccc(O)c(O)c2)C1. The van der Waals surface area contributed by atoms with Crippen molar-refractivity contribution in [1.29, 1.82) is 0 Å². The number of phenols is 2. The van der Waals surface area contributed by atoms with Crippen molar-refractivity contribution in [3.8, 4) is 11.5 Å². The second kappa shape index (κ2) is 4.00. The van der Waals surface area contributed by atoms with Crippen LogP contribution in [0, 0.1) is 0 Å². The van der Waals surface area contributed by atoms with Gasteiger partial charge in [0, 0.05) is 6.42 Å². The Balaban J connectivity index is 2.28. The van der Waals surface area contributed by atoms with E-state index in [1.165, 1.54) is 12.1 Å². The van der Waals surface area contributed by atoms with Crippen LogP contribution in [0.4, 0.5) is 0 Å². The Hall–Kier alpha value is -1.77. The maximum absolute atomic E-state index is 11.4. The lowest BCUT2D eigenvalue weighted by molar-refractivity contribution is -0.115. The molecule has 0 radical (unpaired) electrons. The molecule has 0 spiro atoms. The van der Waals surface area contributed by atoms with Crippen LogP contribution in [0.3, 0.4) is 0 Å². The normalized spacial score (nSPS) is 20.7. The average Bonchev–Trinajstić information content (AvgIpc) is 2.20. The lowest BCUT2D eigenvalue weighted by atomic mass is 9.83. The van der Waals surface area contributed by atoms with E-state index in [1.54, 1.807) is 12.1 Å². The van der Waals surface area contributed by atoms with Gasteiger partial charge in [-0.1, -0.05) is 11.6 Å². The number of phenolic OH excluding ortho intramolecular Hbond substituents is 2. The highest BCUT2D eigenvalue weighted by molar-refractivity contribution is 5.92. The van der Waals surface area contributed by atoms with Gasteiger partial charge in [-0.25, -0.2) is 0 Å². The summed E-state index contributed by atoms with van der Waals surface area (Å²) >= 11 is 0. The first-order valence-corrected chi connectivity index (χ1v) is 5.28. The molecule has 84 valence electrons. The molecule has 0 saturated heterocycles. The van der Waals surface area contributed by atoms with E-state index in [2.05, 4.69) is 0 Å². The fraction of sp³-hybridized carbons (Fsp3) is 0.308. The van der Waals surface area contributed by atoms with Crippen LogP contribution in [0.2, 0.25) is 0 Å². The highest BCUT2D eigenvalue weighted by Gasteiger charge is 2.20. The van der Waals surface area contributed by atoms with Crippen molar-refractivity contribution >= 4 is 5.78 Å². The summed E-state index contributed by atoms with van der Waals surface area (Å²) in [6, 6.07) is 4.75. The molecule has 0 amide bonds. The van der Waals surface area contributed by atoms with Crippen molar-refractivity contribution in [2.24, 2.45) is 0 Å². The number of benzene rings is 1. The summed E-state index contributed by atoms with van der Waals surface area (Å²) in [7, 11) is 0. The Morgan fingerprint density at radius 1 is 1.19 bits per heavy atom. The number of carbonyl (C=O) groups excluding carboxylic acids is 1. The minimum atomic E-state index is -0.128. The smallest absolute Gasteiger partial charge is 0.157 e. The van der Waals surface area contributed by atoms with Crippen LogP contribution in [0.15, 0.2) is 29.8 Å². The minimum Gasteiger partial charge on any atom is -0.504 e. The predicted octanol–water partition coefficient (Wildman–Crippen LogP) is 2.49. The van der Waals surface area contributed by atoms with E-state index in [4.69, 9.17) is 0 Å². The summed E-state index contributed by atoms with van der Waals surface area (Å²) in [5.41, 5.74) is 1.96. The van der Waals surface area contributed by atoms with E-state index >= 15 is 0 Å². The van der Waals surface area contributed by atoms with Crippen LogP contribution in [0.1, 0.15) is 31.2 Å². The maximum Gasteiger partial charge on any atom is 0.157 e. The number of hydrogen-bond donors (Lipinski definition) is 2. The molecule has 1 aromatic carbocycles. The second-order valence-corrected chi connectivity index (χ2v) is 4.31. The van der Waals surface area contributed by atoms with E-state index in [1.807, 2.05) is 6.92 Å². The number of ketones is 1. The van der Waals surface area contributed by atoms with Gasteiger partial charge in [-0.2, -0.15) is 0 Å². The second-order valence-electron chi connectivity index (χ2n) is 4.31. The van der Waals surface area contributed by atoms with Crippen molar-refractivity contribution in [2.45, 2.75) is 25.7 Å². The zero-order chi connectivity index (χ0) is 11.7. The van der Waals surface area contributed by atoms with Crippen LogP contribution in [0.25, 0.3) is 0 Å². The van der Waals surface area contributed by atoms with Gasteiger partial charge in [0.1, 0.15) is 0 Å². The van der Waals surface area contributed by atoms with Crippen molar-refractivity contribution in [2.75, 3.05) is 0 Å². The van der Waals surface area contributed by atoms with Gasteiger partial charge in [0.05, 0.1) is 0 Å². The van der Waals surface area contributed by atoms with E-state index in [0.29, 0.717) is 6.42 Å².